The molecular weight excluding hydrogens is 365 g/mol. The molecule has 0 bridgehead atoms. The van der Waals surface area contributed by atoms with Gasteiger partial charge in [-0.25, -0.2) is 0 Å². The number of azide groups is 1. The normalized spacial score (nSPS) is 29.9. The smallest absolute Gasteiger partial charge is 0.457 e. The number of carboxylic acids is 1. The summed E-state index contributed by atoms with van der Waals surface area (Å²) in [5.74, 6) is -1.79. The zero-order chi connectivity index (χ0) is 21.3. The number of carboxylic acid groups (broad SMARTS) is 1. The predicted octanol–water partition coefficient (Wildman–Crippen LogP) is 1.80. The Kier molecular flexibility index (Phi) is 6.35. The lowest BCUT2D eigenvalue weighted by molar-refractivity contribution is -0.149. The van der Waals surface area contributed by atoms with E-state index in [1.807, 2.05) is 27.7 Å². The summed E-state index contributed by atoms with van der Waals surface area (Å²) in [4.78, 5) is 28.4. The highest BCUT2D eigenvalue weighted by Crippen LogP contribution is 2.39. The first-order valence-corrected chi connectivity index (χ1v) is 9.53. The van der Waals surface area contributed by atoms with E-state index >= 15 is 0 Å². The Hall–Kier alpha value is -1.81. The van der Waals surface area contributed by atoms with Crippen LogP contribution >= 0.6 is 0 Å². The summed E-state index contributed by atoms with van der Waals surface area (Å²) < 4.78 is 12.0. The molecule has 156 valence electrons. The molecule has 0 aliphatic carbocycles. The van der Waals surface area contributed by atoms with Gasteiger partial charge < -0.3 is 25.0 Å². The minimum Gasteiger partial charge on any atom is -0.481 e. The van der Waals surface area contributed by atoms with Crippen LogP contribution in [-0.4, -0.2) is 64.9 Å². The van der Waals surface area contributed by atoms with E-state index in [0.717, 1.165) is 0 Å². The van der Waals surface area contributed by atoms with E-state index in [-0.39, 0.29) is 24.8 Å². The zero-order valence-electron chi connectivity index (χ0n) is 17.2. The van der Waals surface area contributed by atoms with E-state index in [0.29, 0.717) is 19.3 Å². The van der Waals surface area contributed by atoms with Gasteiger partial charge in [0.1, 0.15) is 0 Å². The number of carbonyl (C=O) groups excluding carboxylic acids is 1. The third kappa shape index (κ3) is 4.43. The van der Waals surface area contributed by atoms with Gasteiger partial charge in [-0.05, 0) is 58.8 Å². The zero-order valence-corrected chi connectivity index (χ0v) is 17.2. The Morgan fingerprint density at radius 2 is 1.93 bits per heavy atom. The summed E-state index contributed by atoms with van der Waals surface area (Å²) in [7, 11) is -0.414. The van der Waals surface area contributed by atoms with Crippen molar-refractivity contribution in [3.8, 4) is 0 Å². The molecule has 0 saturated carbocycles. The Balaban J connectivity index is 2.15. The maximum Gasteiger partial charge on any atom is 0.457 e. The van der Waals surface area contributed by atoms with Gasteiger partial charge in [-0.15, -0.1) is 0 Å². The molecule has 3 N–H and O–H groups in total. The predicted molar refractivity (Wildman–Crippen MR) is 103 cm³/mol. The minimum absolute atomic E-state index is 0.147. The number of carbonyl (C=O) groups is 2. The molecule has 0 aromatic rings. The van der Waals surface area contributed by atoms with Crippen molar-refractivity contribution in [3.05, 3.63) is 10.4 Å². The van der Waals surface area contributed by atoms with Crippen molar-refractivity contribution < 1.29 is 24.0 Å². The molecule has 2 rings (SSSR count). The third-order valence-electron chi connectivity index (χ3n) is 6.01. The second kappa shape index (κ2) is 7.90. The number of amides is 1. The van der Waals surface area contributed by atoms with Gasteiger partial charge in [-0.1, -0.05) is 11.5 Å². The van der Waals surface area contributed by atoms with Gasteiger partial charge in [0.05, 0.1) is 17.2 Å². The van der Waals surface area contributed by atoms with Crippen LogP contribution in [0.3, 0.4) is 0 Å². The highest BCUT2D eigenvalue weighted by Gasteiger charge is 2.52. The molecule has 28 heavy (non-hydrogen) atoms. The first-order valence-electron chi connectivity index (χ1n) is 9.53. The molecule has 2 fully saturated rings. The molecule has 2 saturated heterocycles. The van der Waals surface area contributed by atoms with E-state index in [2.05, 4.69) is 10.0 Å². The molecule has 1 unspecified atom stereocenters. The molecule has 1 amide bonds. The van der Waals surface area contributed by atoms with E-state index in [9.17, 15) is 14.7 Å². The molecule has 0 radical (unpaired) electrons. The third-order valence-corrected chi connectivity index (χ3v) is 6.01. The van der Waals surface area contributed by atoms with Crippen molar-refractivity contribution in [1.29, 1.82) is 0 Å². The van der Waals surface area contributed by atoms with Crippen molar-refractivity contribution in [2.24, 2.45) is 16.8 Å². The van der Waals surface area contributed by atoms with E-state index in [1.54, 1.807) is 6.92 Å². The second-order valence-electron chi connectivity index (χ2n) is 8.87. The van der Waals surface area contributed by atoms with E-state index < -0.39 is 35.9 Å². The molecule has 2 aliphatic heterocycles. The van der Waals surface area contributed by atoms with Crippen molar-refractivity contribution in [3.63, 3.8) is 0 Å². The van der Waals surface area contributed by atoms with Gasteiger partial charge >= 0.3 is 13.1 Å². The lowest BCUT2D eigenvalue weighted by Crippen LogP contribution is -2.58. The monoisotopic (exact) mass is 395 g/mol. The number of piperidine rings is 1. The van der Waals surface area contributed by atoms with Gasteiger partial charge in [0.15, 0.2) is 5.54 Å². The maximum atomic E-state index is 12.4. The van der Waals surface area contributed by atoms with Crippen molar-refractivity contribution in [2.45, 2.75) is 76.6 Å². The van der Waals surface area contributed by atoms with Gasteiger partial charge in [-0.2, -0.15) is 0 Å². The van der Waals surface area contributed by atoms with Crippen LogP contribution in [0.1, 0.15) is 47.5 Å². The number of nitrogens with zero attached hydrogens (tertiary/aromatic N) is 4. The lowest BCUT2D eigenvalue weighted by atomic mass is 9.74. The van der Waals surface area contributed by atoms with Crippen molar-refractivity contribution in [2.75, 3.05) is 13.1 Å². The number of likely N-dealkylation sites (tertiary alicyclic amines) is 1. The molecule has 0 spiro atoms. The molecule has 2 aliphatic rings. The molecule has 11 heteroatoms. The van der Waals surface area contributed by atoms with E-state index in [1.165, 1.54) is 4.90 Å². The number of hydrogen-bond donors (Lipinski definition) is 2. The largest absolute Gasteiger partial charge is 0.481 e. The van der Waals surface area contributed by atoms with Crippen LogP contribution in [0.25, 0.3) is 10.4 Å². The summed E-state index contributed by atoms with van der Waals surface area (Å²) in [5.41, 5.74) is 12.0. The lowest BCUT2D eigenvalue weighted by Gasteiger charge is -2.42. The fourth-order valence-corrected chi connectivity index (χ4v) is 3.76. The van der Waals surface area contributed by atoms with Gasteiger partial charge in [0.25, 0.3) is 0 Å². The van der Waals surface area contributed by atoms with Crippen LogP contribution in [0.2, 0.25) is 6.32 Å². The van der Waals surface area contributed by atoms with E-state index in [4.69, 9.17) is 20.6 Å². The first kappa shape index (κ1) is 22.5. The van der Waals surface area contributed by atoms with Crippen LogP contribution in [0.5, 0.6) is 0 Å². The number of rotatable bonds is 6. The fourth-order valence-electron chi connectivity index (χ4n) is 3.76. The SMILES string of the molecule is CC(N)C(=O)N1C[C@H](CCB2OC(C)(C)C(C)(C)O2)C[C@](N=[N+]=[N-])(C(=O)O)C1. The summed E-state index contributed by atoms with van der Waals surface area (Å²) in [6, 6.07) is -0.764. The molecular formula is C17H30BN5O5. The number of nitrogens with two attached hydrogens (primary N) is 1. The molecule has 0 aromatic heterocycles. The maximum absolute atomic E-state index is 12.4. The van der Waals surface area contributed by atoms with Gasteiger partial charge in [-0.3, -0.25) is 9.59 Å². The van der Waals surface area contributed by atoms with Crippen LogP contribution in [0.15, 0.2) is 5.11 Å². The number of aliphatic carboxylic acids is 1. The Labute approximate surface area is 165 Å². The molecule has 0 aromatic carbocycles. The fraction of sp³-hybridized carbons (Fsp3) is 0.882. The minimum atomic E-state index is -1.70. The average molecular weight is 395 g/mol. The Morgan fingerprint density at radius 1 is 1.36 bits per heavy atom. The van der Waals surface area contributed by atoms with Crippen LogP contribution in [0.4, 0.5) is 0 Å². The molecule has 2 heterocycles. The highest BCUT2D eigenvalue weighted by atomic mass is 16.7. The highest BCUT2D eigenvalue weighted by molar-refractivity contribution is 6.45. The molecule has 3 atom stereocenters. The van der Waals surface area contributed by atoms with Crippen LogP contribution in [0, 0.1) is 5.92 Å². The second-order valence-corrected chi connectivity index (χ2v) is 8.87. The first-order chi connectivity index (χ1) is 12.8. The quantitative estimate of drug-likeness (QED) is 0.303. The van der Waals surface area contributed by atoms with Crippen molar-refractivity contribution >= 4 is 19.0 Å². The molecule has 10 nitrogen and oxygen atoms in total. The summed E-state index contributed by atoms with van der Waals surface area (Å²) in [5, 5.41) is 13.3. The topological polar surface area (TPSA) is 151 Å². The van der Waals surface area contributed by atoms with Gasteiger partial charge in [0, 0.05) is 18.0 Å². The van der Waals surface area contributed by atoms with Gasteiger partial charge in [0.2, 0.25) is 5.91 Å². The van der Waals surface area contributed by atoms with Crippen molar-refractivity contribution in [1.82, 2.24) is 4.90 Å². The average Bonchev–Trinajstić information content (AvgIpc) is 2.79. The summed E-state index contributed by atoms with van der Waals surface area (Å²) in [6.07, 6.45) is 1.26. The van der Waals surface area contributed by atoms with Crippen LogP contribution in [-0.2, 0) is 18.9 Å². The Morgan fingerprint density at radius 3 is 2.39 bits per heavy atom. The Bertz CT molecular complexity index is 659. The summed E-state index contributed by atoms with van der Waals surface area (Å²) >= 11 is 0. The van der Waals surface area contributed by atoms with Crippen LogP contribution < -0.4 is 5.73 Å². The standard InChI is InChI=1S/C17H30BN5O5/c1-11(19)13(24)23-9-12(8-17(10-23,14(25)26)21-22-20)6-7-18-27-15(2,3)16(4,5)28-18/h11-12H,6-10,19H2,1-5H3,(H,25,26)/t11?,12-,17-/m1/s1. The number of hydrogen-bond acceptors (Lipinski definition) is 6. The summed E-state index contributed by atoms with van der Waals surface area (Å²) in [6.45, 7) is 9.59.